The van der Waals surface area contributed by atoms with Crippen LogP contribution in [0.15, 0.2) is 109 Å². The lowest BCUT2D eigenvalue weighted by Gasteiger charge is -2.18. The van der Waals surface area contributed by atoms with Crippen LogP contribution < -0.4 is 0 Å². The number of carbonyl (C=O) groups is 2. The SMILES string of the molecule is CC/C=C\C/C=C\C/C=C\C/C=C\C/C=C\CCCC(=O)OC[C@H](COP(=O)(O)O)OC(=O)CCCCC/C=C\C/C=C\C/C=C\C/C=C\CCCCC. The predicted molar refractivity (Wildman–Crippen MR) is 225 cm³/mol. The fourth-order valence-electron chi connectivity index (χ4n) is 4.80. The van der Waals surface area contributed by atoms with Gasteiger partial charge in [0.15, 0.2) is 6.10 Å². The van der Waals surface area contributed by atoms with Crippen molar-refractivity contribution in [1.82, 2.24) is 0 Å². The normalized spacial score (nSPS) is 13.6. The number of phosphoric acid groups is 1. The van der Waals surface area contributed by atoms with Gasteiger partial charge in [0, 0.05) is 12.8 Å². The average molecular weight is 771 g/mol. The highest BCUT2D eigenvalue weighted by molar-refractivity contribution is 7.46. The number of allylic oxidation sites excluding steroid dienone is 18. The molecule has 0 aliphatic carbocycles. The van der Waals surface area contributed by atoms with Crippen molar-refractivity contribution in [3.05, 3.63) is 109 Å². The summed E-state index contributed by atoms with van der Waals surface area (Å²) in [6, 6.07) is 0. The van der Waals surface area contributed by atoms with Crippen molar-refractivity contribution in [2.24, 2.45) is 0 Å². The van der Waals surface area contributed by atoms with Crippen LogP contribution in [-0.4, -0.2) is 41.0 Å². The Balaban J connectivity index is 4.14. The number of phosphoric ester groups is 1. The first-order chi connectivity index (χ1) is 26.3. The van der Waals surface area contributed by atoms with Crippen LogP contribution in [0.2, 0.25) is 0 Å². The molecule has 0 saturated heterocycles. The predicted octanol–water partition coefficient (Wildman–Crippen LogP) is 12.4. The minimum atomic E-state index is -4.78. The van der Waals surface area contributed by atoms with Gasteiger partial charge in [0.1, 0.15) is 6.61 Å². The first kappa shape index (κ1) is 50.7. The average Bonchev–Trinajstić information content (AvgIpc) is 3.14. The Morgan fingerprint density at radius 2 is 0.907 bits per heavy atom. The summed E-state index contributed by atoms with van der Waals surface area (Å²) in [5, 5.41) is 0. The van der Waals surface area contributed by atoms with Gasteiger partial charge >= 0.3 is 19.8 Å². The van der Waals surface area contributed by atoms with E-state index in [0.29, 0.717) is 19.3 Å². The second-order valence-electron chi connectivity index (χ2n) is 12.9. The molecule has 54 heavy (non-hydrogen) atoms. The zero-order valence-electron chi connectivity index (χ0n) is 33.3. The summed E-state index contributed by atoms with van der Waals surface area (Å²) in [6.07, 6.45) is 55.2. The topological polar surface area (TPSA) is 119 Å². The van der Waals surface area contributed by atoms with Gasteiger partial charge in [-0.25, -0.2) is 4.57 Å². The third-order valence-electron chi connectivity index (χ3n) is 7.78. The largest absolute Gasteiger partial charge is 0.469 e. The summed E-state index contributed by atoms with van der Waals surface area (Å²) in [4.78, 5) is 42.8. The molecule has 0 heterocycles. The third kappa shape index (κ3) is 41.5. The summed E-state index contributed by atoms with van der Waals surface area (Å²) in [5.41, 5.74) is 0. The molecule has 0 rings (SSSR count). The maximum Gasteiger partial charge on any atom is 0.469 e. The molecule has 9 heteroatoms. The van der Waals surface area contributed by atoms with E-state index in [1.807, 2.05) is 6.08 Å². The van der Waals surface area contributed by atoms with Gasteiger partial charge in [-0.05, 0) is 96.3 Å². The molecule has 0 aromatic heterocycles. The lowest BCUT2D eigenvalue weighted by atomic mass is 10.1. The van der Waals surface area contributed by atoms with E-state index in [2.05, 4.69) is 122 Å². The van der Waals surface area contributed by atoms with Crippen molar-refractivity contribution < 1.29 is 37.9 Å². The van der Waals surface area contributed by atoms with Crippen LogP contribution in [0.4, 0.5) is 0 Å². The minimum absolute atomic E-state index is 0.155. The molecule has 0 saturated carbocycles. The van der Waals surface area contributed by atoms with Gasteiger partial charge in [-0.1, -0.05) is 142 Å². The van der Waals surface area contributed by atoms with Crippen LogP contribution in [0.1, 0.15) is 142 Å². The number of esters is 2. The standard InChI is InChI=1S/C45H71O8P/c1-3-5-7-9-11-13-15-17-19-21-22-24-26-28-30-32-34-36-38-40-45(47)53-43(42-52-54(48,49)50)41-51-44(46)39-37-35-33-31-29-27-25-23-20-18-16-14-12-10-8-6-4-2/h6,8,11-14,17-20,22,24-25,27-28,30-31,33,43H,3-5,7,9-10,15-16,21,23,26,29,32,34-42H2,1-2H3,(H2,48,49,50)/b8-6-,13-11-,14-12-,19-17-,20-18-,24-22-,27-25-,30-28-,33-31-/t43-/m1/s1. The van der Waals surface area contributed by atoms with Crippen LogP contribution >= 0.6 is 7.82 Å². The second-order valence-corrected chi connectivity index (χ2v) is 14.1. The van der Waals surface area contributed by atoms with Gasteiger partial charge in [0.25, 0.3) is 0 Å². The van der Waals surface area contributed by atoms with Crippen molar-refractivity contribution in [3.8, 4) is 0 Å². The van der Waals surface area contributed by atoms with Gasteiger partial charge in [-0.3, -0.25) is 14.1 Å². The van der Waals surface area contributed by atoms with Crippen molar-refractivity contribution in [1.29, 1.82) is 0 Å². The van der Waals surface area contributed by atoms with E-state index in [9.17, 15) is 14.2 Å². The van der Waals surface area contributed by atoms with E-state index in [1.54, 1.807) is 0 Å². The molecule has 0 bridgehead atoms. The van der Waals surface area contributed by atoms with Crippen molar-refractivity contribution in [2.45, 2.75) is 148 Å². The molecule has 0 radical (unpaired) electrons. The van der Waals surface area contributed by atoms with Gasteiger partial charge in [-0.2, -0.15) is 0 Å². The van der Waals surface area contributed by atoms with E-state index < -0.39 is 32.5 Å². The summed E-state index contributed by atoms with van der Waals surface area (Å²) in [6.45, 7) is 3.44. The Hall–Kier alpha value is -3.29. The quantitative estimate of drug-likeness (QED) is 0.0283. The number of carbonyl (C=O) groups excluding carboxylic acids is 2. The lowest BCUT2D eigenvalue weighted by Crippen LogP contribution is -2.29. The first-order valence-electron chi connectivity index (χ1n) is 20.2. The molecule has 2 N–H and O–H groups in total. The Kier molecular flexibility index (Phi) is 37.0. The molecule has 0 aliphatic heterocycles. The zero-order chi connectivity index (χ0) is 39.6. The fourth-order valence-corrected chi connectivity index (χ4v) is 5.16. The second kappa shape index (κ2) is 39.4. The Morgan fingerprint density at radius 3 is 1.35 bits per heavy atom. The smallest absolute Gasteiger partial charge is 0.462 e. The molecular formula is C45H71O8P. The maximum atomic E-state index is 12.4. The van der Waals surface area contributed by atoms with Gasteiger partial charge < -0.3 is 19.3 Å². The molecule has 8 nitrogen and oxygen atoms in total. The van der Waals surface area contributed by atoms with E-state index in [1.165, 1.54) is 25.7 Å². The fraction of sp³-hybridized carbons (Fsp3) is 0.556. The third-order valence-corrected chi connectivity index (χ3v) is 8.26. The highest BCUT2D eigenvalue weighted by atomic mass is 31.2. The molecular weight excluding hydrogens is 699 g/mol. The monoisotopic (exact) mass is 770 g/mol. The summed E-state index contributed by atoms with van der Waals surface area (Å²) in [7, 11) is -4.78. The summed E-state index contributed by atoms with van der Waals surface area (Å²) in [5.74, 6) is -1.00. The van der Waals surface area contributed by atoms with E-state index >= 15 is 0 Å². The molecule has 0 aromatic carbocycles. The summed E-state index contributed by atoms with van der Waals surface area (Å²) < 4.78 is 26.3. The highest BCUT2D eigenvalue weighted by Crippen LogP contribution is 2.36. The molecule has 0 fully saturated rings. The van der Waals surface area contributed by atoms with Crippen LogP contribution in [0, 0.1) is 0 Å². The Labute approximate surface area is 327 Å². The number of ether oxygens (including phenoxy) is 2. The van der Waals surface area contributed by atoms with Gasteiger partial charge in [-0.15, -0.1) is 0 Å². The highest BCUT2D eigenvalue weighted by Gasteiger charge is 2.22. The van der Waals surface area contributed by atoms with Gasteiger partial charge in [0.05, 0.1) is 6.61 Å². The van der Waals surface area contributed by atoms with E-state index in [-0.39, 0.29) is 19.4 Å². The molecule has 0 unspecified atom stereocenters. The van der Waals surface area contributed by atoms with E-state index in [0.717, 1.165) is 70.6 Å². The number of hydrogen-bond acceptors (Lipinski definition) is 6. The van der Waals surface area contributed by atoms with Crippen LogP contribution in [0.25, 0.3) is 0 Å². The van der Waals surface area contributed by atoms with Gasteiger partial charge in [0.2, 0.25) is 0 Å². The molecule has 0 aliphatic rings. The molecule has 0 amide bonds. The molecule has 1 atom stereocenters. The van der Waals surface area contributed by atoms with Crippen molar-refractivity contribution in [3.63, 3.8) is 0 Å². The number of hydrogen-bond donors (Lipinski definition) is 2. The molecule has 0 aromatic rings. The van der Waals surface area contributed by atoms with Crippen molar-refractivity contribution >= 4 is 19.8 Å². The van der Waals surface area contributed by atoms with Crippen LogP contribution in [0.3, 0.4) is 0 Å². The number of unbranched alkanes of at least 4 members (excludes halogenated alkanes) is 7. The Bertz CT molecular complexity index is 1230. The van der Waals surface area contributed by atoms with E-state index in [4.69, 9.17) is 19.3 Å². The van der Waals surface area contributed by atoms with Crippen molar-refractivity contribution in [2.75, 3.05) is 13.2 Å². The Morgan fingerprint density at radius 1 is 0.500 bits per heavy atom. The maximum absolute atomic E-state index is 12.4. The van der Waals surface area contributed by atoms with Crippen LogP contribution in [0.5, 0.6) is 0 Å². The molecule has 0 spiro atoms. The molecule has 304 valence electrons. The summed E-state index contributed by atoms with van der Waals surface area (Å²) >= 11 is 0. The lowest BCUT2D eigenvalue weighted by molar-refractivity contribution is -0.161. The first-order valence-corrected chi connectivity index (χ1v) is 21.7. The minimum Gasteiger partial charge on any atom is -0.462 e. The zero-order valence-corrected chi connectivity index (χ0v) is 34.2. The number of rotatable bonds is 35. The van der Waals surface area contributed by atoms with Crippen LogP contribution in [-0.2, 0) is 28.2 Å².